The number of amides is 2. The van der Waals surface area contributed by atoms with Gasteiger partial charge in [0, 0.05) is 18.8 Å². The second kappa shape index (κ2) is 9.08. The molecule has 7 heteroatoms. The molecule has 0 aliphatic rings. The third kappa shape index (κ3) is 5.79. The van der Waals surface area contributed by atoms with Gasteiger partial charge in [0.2, 0.25) is 17.7 Å². The molecule has 0 bridgehead atoms. The van der Waals surface area contributed by atoms with Crippen LogP contribution in [-0.2, 0) is 9.59 Å². The number of methoxy groups -OCH3 is 1. The van der Waals surface area contributed by atoms with Crippen molar-refractivity contribution in [1.29, 1.82) is 0 Å². The summed E-state index contributed by atoms with van der Waals surface area (Å²) in [6, 6.07) is 11.1. The van der Waals surface area contributed by atoms with Crippen molar-refractivity contribution in [2.45, 2.75) is 6.92 Å². The fourth-order valence-electron chi connectivity index (χ4n) is 2.08. The third-order valence-electron chi connectivity index (χ3n) is 3.45. The van der Waals surface area contributed by atoms with Crippen LogP contribution in [0.15, 0.2) is 42.6 Å². The number of ether oxygens (including phenoxy) is 1. The Kier molecular flexibility index (Phi) is 6.82. The van der Waals surface area contributed by atoms with Crippen molar-refractivity contribution < 1.29 is 14.3 Å². The summed E-state index contributed by atoms with van der Waals surface area (Å²) < 4.78 is 4.99. The van der Waals surface area contributed by atoms with E-state index in [4.69, 9.17) is 4.74 Å². The number of hydrogen-bond acceptors (Lipinski definition) is 5. The van der Waals surface area contributed by atoms with E-state index >= 15 is 0 Å². The van der Waals surface area contributed by atoms with E-state index in [1.54, 1.807) is 25.4 Å². The molecular weight excluding hydrogens is 338 g/mol. The predicted molar refractivity (Wildman–Crippen MR) is 101 cm³/mol. The highest BCUT2D eigenvalue weighted by molar-refractivity contribution is 8.00. The van der Waals surface area contributed by atoms with E-state index in [9.17, 15) is 9.59 Å². The van der Waals surface area contributed by atoms with Gasteiger partial charge in [-0.25, -0.2) is 4.98 Å². The topological polar surface area (TPSA) is 71.5 Å². The first-order chi connectivity index (χ1) is 12.0. The van der Waals surface area contributed by atoms with Crippen LogP contribution in [0.1, 0.15) is 5.56 Å². The van der Waals surface area contributed by atoms with E-state index in [0.29, 0.717) is 11.6 Å². The summed E-state index contributed by atoms with van der Waals surface area (Å²) in [4.78, 5) is 29.7. The zero-order valence-corrected chi connectivity index (χ0v) is 15.3. The number of aromatic nitrogens is 1. The summed E-state index contributed by atoms with van der Waals surface area (Å²) in [5.41, 5.74) is 2.52. The van der Waals surface area contributed by atoms with Crippen molar-refractivity contribution >= 4 is 35.0 Å². The Bertz CT molecular complexity index is 735. The number of anilines is 2. The first-order valence-corrected chi connectivity index (χ1v) is 8.86. The van der Waals surface area contributed by atoms with Crippen molar-refractivity contribution in [3.05, 3.63) is 48.2 Å². The van der Waals surface area contributed by atoms with Gasteiger partial charge in [0.25, 0.3) is 0 Å². The Morgan fingerprint density at radius 3 is 2.68 bits per heavy atom. The lowest BCUT2D eigenvalue weighted by molar-refractivity contribution is -0.115. The summed E-state index contributed by atoms with van der Waals surface area (Å²) in [6.45, 7) is 1.97. The molecule has 2 rings (SSSR count). The first-order valence-electron chi connectivity index (χ1n) is 7.70. The maximum absolute atomic E-state index is 12.2. The van der Waals surface area contributed by atoms with Crippen LogP contribution in [0.3, 0.4) is 0 Å². The molecule has 0 unspecified atom stereocenters. The van der Waals surface area contributed by atoms with E-state index in [0.717, 1.165) is 11.3 Å². The molecule has 1 N–H and O–H groups in total. The van der Waals surface area contributed by atoms with Crippen molar-refractivity contribution in [3.63, 3.8) is 0 Å². The minimum Gasteiger partial charge on any atom is -0.481 e. The summed E-state index contributed by atoms with van der Waals surface area (Å²) in [5.74, 6) is 0.697. The Balaban J connectivity index is 1.78. The normalized spacial score (nSPS) is 10.2. The lowest BCUT2D eigenvalue weighted by Crippen LogP contribution is -2.28. The number of benzene rings is 1. The van der Waals surface area contributed by atoms with Crippen LogP contribution < -0.4 is 15.0 Å². The summed E-state index contributed by atoms with van der Waals surface area (Å²) in [7, 11) is 3.22. The molecule has 1 aromatic carbocycles. The van der Waals surface area contributed by atoms with Gasteiger partial charge in [0.05, 0.1) is 30.5 Å². The summed E-state index contributed by atoms with van der Waals surface area (Å²) in [5, 5.41) is 2.82. The zero-order chi connectivity index (χ0) is 18.2. The molecule has 2 amide bonds. The smallest absolute Gasteiger partial charge is 0.236 e. The fraction of sp³-hybridized carbons (Fsp3) is 0.278. The number of nitrogens with zero attached hydrogens (tertiary/aromatic N) is 2. The summed E-state index contributed by atoms with van der Waals surface area (Å²) >= 11 is 1.28. The Labute approximate surface area is 151 Å². The van der Waals surface area contributed by atoms with Crippen LogP contribution in [-0.4, -0.2) is 42.5 Å². The van der Waals surface area contributed by atoms with Gasteiger partial charge < -0.3 is 15.0 Å². The van der Waals surface area contributed by atoms with E-state index in [1.807, 2.05) is 31.2 Å². The maximum atomic E-state index is 12.2. The number of pyridine rings is 1. The minimum atomic E-state index is -0.128. The molecular formula is C18H21N3O3S. The van der Waals surface area contributed by atoms with Crippen LogP contribution >= 0.6 is 11.8 Å². The molecule has 0 fully saturated rings. The van der Waals surface area contributed by atoms with Gasteiger partial charge in [-0.1, -0.05) is 12.1 Å². The first kappa shape index (κ1) is 18.8. The average Bonchev–Trinajstić information content (AvgIpc) is 2.61. The maximum Gasteiger partial charge on any atom is 0.236 e. The number of hydrogen-bond donors (Lipinski definition) is 1. The molecule has 0 radical (unpaired) electrons. The predicted octanol–water partition coefficient (Wildman–Crippen LogP) is 2.73. The molecule has 6 nitrogen and oxygen atoms in total. The molecule has 0 atom stereocenters. The van der Waals surface area contributed by atoms with Crippen LogP contribution in [0.4, 0.5) is 11.4 Å². The molecule has 25 heavy (non-hydrogen) atoms. The van der Waals surface area contributed by atoms with Crippen molar-refractivity contribution in [2.75, 3.05) is 35.9 Å². The average molecular weight is 359 g/mol. The van der Waals surface area contributed by atoms with Gasteiger partial charge in [-0.3, -0.25) is 9.59 Å². The van der Waals surface area contributed by atoms with Gasteiger partial charge in [-0.15, -0.1) is 11.8 Å². The highest BCUT2D eigenvalue weighted by Gasteiger charge is 2.13. The lowest BCUT2D eigenvalue weighted by atomic mass is 10.2. The molecule has 132 valence electrons. The van der Waals surface area contributed by atoms with Gasteiger partial charge >= 0.3 is 0 Å². The number of thioether (sulfide) groups is 1. The van der Waals surface area contributed by atoms with Gasteiger partial charge in [-0.05, 0) is 30.7 Å². The lowest BCUT2D eigenvalue weighted by Gasteiger charge is -2.16. The van der Waals surface area contributed by atoms with Gasteiger partial charge in [0.1, 0.15) is 0 Å². The second-order valence-corrected chi connectivity index (χ2v) is 6.41. The standard InChI is InChI=1S/C18H21N3O3S/c1-13-5-4-6-14(9-13)20-16(22)11-25-12-18(23)21(2)15-7-8-17(24-3)19-10-15/h4-10H,11-12H2,1-3H3,(H,20,22). The molecule has 0 aliphatic carbocycles. The van der Waals surface area contributed by atoms with Crippen molar-refractivity contribution in [3.8, 4) is 5.88 Å². The number of nitrogens with one attached hydrogen (secondary N) is 1. The molecule has 0 spiro atoms. The molecule has 0 saturated heterocycles. The molecule has 0 aliphatic heterocycles. The SMILES string of the molecule is COc1ccc(N(C)C(=O)CSCC(=O)Nc2cccc(C)c2)cn1. The highest BCUT2D eigenvalue weighted by atomic mass is 32.2. The van der Waals surface area contributed by atoms with E-state index < -0.39 is 0 Å². The fourth-order valence-corrected chi connectivity index (χ4v) is 2.81. The number of rotatable bonds is 7. The van der Waals surface area contributed by atoms with Crippen LogP contribution in [0.25, 0.3) is 0 Å². The molecule has 1 heterocycles. The third-order valence-corrected chi connectivity index (χ3v) is 4.37. The molecule has 0 saturated carbocycles. The summed E-state index contributed by atoms with van der Waals surface area (Å²) in [6.07, 6.45) is 1.58. The van der Waals surface area contributed by atoms with Crippen molar-refractivity contribution in [2.24, 2.45) is 0 Å². The Morgan fingerprint density at radius 2 is 2.04 bits per heavy atom. The van der Waals surface area contributed by atoms with E-state index in [-0.39, 0.29) is 23.3 Å². The number of aryl methyl sites for hydroxylation is 1. The minimum absolute atomic E-state index is 0.0969. The molecule has 2 aromatic rings. The van der Waals surface area contributed by atoms with Gasteiger partial charge in [-0.2, -0.15) is 0 Å². The van der Waals surface area contributed by atoms with Gasteiger partial charge in [0.15, 0.2) is 0 Å². The molecule has 1 aromatic heterocycles. The van der Waals surface area contributed by atoms with Crippen LogP contribution in [0, 0.1) is 6.92 Å². The zero-order valence-electron chi connectivity index (χ0n) is 14.5. The highest BCUT2D eigenvalue weighted by Crippen LogP contribution is 2.16. The van der Waals surface area contributed by atoms with E-state index in [1.165, 1.54) is 23.8 Å². The number of carbonyl (C=O) groups is 2. The van der Waals surface area contributed by atoms with E-state index in [2.05, 4.69) is 10.3 Å². The largest absolute Gasteiger partial charge is 0.481 e. The number of carbonyl (C=O) groups excluding carboxylic acids is 2. The second-order valence-electron chi connectivity index (χ2n) is 5.42. The monoisotopic (exact) mass is 359 g/mol. The Morgan fingerprint density at radius 1 is 1.24 bits per heavy atom. The quantitative estimate of drug-likeness (QED) is 0.823. The van der Waals surface area contributed by atoms with Crippen LogP contribution in [0.2, 0.25) is 0 Å². The van der Waals surface area contributed by atoms with Crippen LogP contribution in [0.5, 0.6) is 5.88 Å². The van der Waals surface area contributed by atoms with Crippen molar-refractivity contribution in [1.82, 2.24) is 4.98 Å². The Hall–Kier alpha value is -2.54.